The number of amides is 2. The predicted octanol–water partition coefficient (Wildman–Crippen LogP) is 3.01. The standard InChI is InChI=1S/C25H33N5O4S/c1-17-16-35-21(22(33)34-4)20(17)28-18(31)14-30(12-8-24(2,3)9-13-30)15-19(32)29-25(6-7-25)23-26-10-5-11-27-23/h5,10-11,16H,6-9,12-15H2,1-4H3,(H-,28,29,31,32,33)/p+1. The summed E-state index contributed by atoms with van der Waals surface area (Å²) in [6, 6.07) is 1.76. The van der Waals surface area contributed by atoms with Crippen molar-refractivity contribution in [3.63, 3.8) is 0 Å². The number of piperidine rings is 1. The third-order valence-electron chi connectivity index (χ3n) is 7.22. The molecule has 2 amide bonds. The molecule has 0 radical (unpaired) electrons. The van der Waals surface area contributed by atoms with Gasteiger partial charge in [0.05, 0.1) is 25.9 Å². The largest absolute Gasteiger partial charge is 0.465 e. The minimum Gasteiger partial charge on any atom is -0.465 e. The lowest BCUT2D eigenvalue weighted by molar-refractivity contribution is -0.920. The van der Waals surface area contributed by atoms with Crippen LogP contribution in [0.5, 0.6) is 0 Å². The van der Waals surface area contributed by atoms with Crippen molar-refractivity contribution in [3.05, 3.63) is 40.1 Å². The molecule has 1 saturated carbocycles. The lowest BCUT2D eigenvalue weighted by Gasteiger charge is -2.45. The van der Waals surface area contributed by atoms with Crippen molar-refractivity contribution >= 4 is 34.8 Å². The molecule has 4 rings (SSSR count). The van der Waals surface area contributed by atoms with E-state index in [0.717, 1.165) is 44.3 Å². The summed E-state index contributed by atoms with van der Waals surface area (Å²) >= 11 is 1.25. The van der Waals surface area contributed by atoms with Crippen LogP contribution in [-0.2, 0) is 19.9 Å². The van der Waals surface area contributed by atoms with E-state index in [9.17, 15) is 14.4 Å². The van der Waals surface area contributed by atoms with Crippen molar-refractivity contribution in [2.24, 2.45) is 5.41 Å². The van der Waals surface area contributed by atoms with Crippen LogP contribution in [0.15, 0.2) is 23.8 Å². The van der Waals surface area contributed by atoms with Gasteiger partial charge in [-0.1, -0.05) is 13.8 Å². The molecule has 10 heteroatoms. The lowest BCUT2D eigenvalue weighted by atomic mass is 9.81. The van der Waals surface area contributed by atoms with Crippen LogP contribution in [0.2, 0.25) is 0 Å². The Morgan fingerprint density at radius 1 is 1.06 bits per heavy atom. The van der Waals surface area contributed by atoms with Gasteiger partial charge in [0.15, 0.2) is 18.9 Å². The van der Waals surface area contributed by atoms with E-state index in [0.29, 0.717) is 20.9 Å². The van der Waals surface area contributed by atoms with Crippen LogP contribution < -0.4 is 10.6 Å². The number of nitrogens with zero attached hydrogens (tertiary/aromatic N) is 3. The lowest BCUT2D eigenvalue weighted by Crippen LogP contribution is -2.61. The Balaban J connectivity index is 1.48. The second-order valence-electron chi connectivity index (χ2n) is 10.6. The van der Waals surface area contributed by atoms with Crippen LogP contribution in [0.25, 0.3) is 0 Å². The number of nitrogens with one attached hydrogen (secondary N) is 2. The summed E-state index contributed by atoms with van der Waals surface area (Å²) in [4.78, 5) is 47.7. The van der Waals surface area contributed by atoms with Gasteiger partial charge in [-0.05, 0) is 42.2 Å². The molecule has 9 nitrogen and oxygen atoms in total. The highest BCUT2D eigenvalue weighted by Crippen LogP contribution is 2.43. The van der Waals surface area contributed by atoms with Gasteiger partial charge in [-0.3, -0.25) is 9.59 Å². The average molecular weight is 501 g/mol. The van der Waals surface area contributed by atoms with E-state index in [4.69, 9.17) is 4.74 Å². The highest BCUT2D eigenvalue weighted by Gasteiger charge is 2.50. The van der Waals surface area contributed by atoms with Crippen LogP contribution in [0.4, 0.5) is 5.69 Å². The molecule has 2 N–H and O–H groups in total. The molecule has 0 aromatic carbocycles. The van der Waals surface area contributed by atoms with Gasteiger partial charge in [0, 0.05) is 25.2 Å². The average Bonchev–Trinajstić information content (AvgIpc) is 3.52. The van der Waals surface area contributed by atoms with Crippen LogP contribution in [0, 0.1) is 12.3 Å². The third-order valence-corrected chi connectivity index (χ3v) is 8.29. The smallest absolute Gasteiger partial charge is 0.350 e. The number of hydrogen-bond acceptors (Lipinski definition) is 7. The molecule has 35 heavy (non-hydrogen) atoms. The maximum absolute atomic E-state index is 13.3. The van der Waals surface area contributed by atoms with E-state index in [1.165, 1.54) is 18.4 Å². The summed E-state index contributed by atoms with van der Waals surface area (Å²) in [6.07, 6.45) is 6.84. The van der Waals surface area contributed by atoms with E-state index in [1.807, 2.05) is 12.3 Å². The van der Waals surface area contributed by atoms with Crippen LogP contribution in [-0.4, -0.2) is 65.5 Å². The third kappa shape index (κ3) is 5.70. The maximum atomic E-state index is 13.3. The van der Waals surface area contributed by atoms with Crippen molar-refractivity contribution in [1.29, 1.82) is 0 Å². The Bertz CT molecular complexity index is 1100. The van der Waals surface area contributed by atoms with E-state index in [2.05, 4.69) is 34.4 Å². The van der Waals surface area contributed by atoms with E-state index >= 15 is 0 Å². The SMILES string of the molecule is COC(=O)c1scc(C)c1NC(=O)C[N+]1(CC(=O)NC2(c3ncccn3)CC2)CCC(C)(C)CC1. The fourth-order valence-corrected chi connectivity index (χ4v) is 5.62. The number of methoxy groups -OCH3 is 1. The predicted molar refractivity (Wildman–Crippen MR) is 133 cm³/mol. The normalized spacial score (nSPS) is 19.4. The number of carbonyl (C=O) groups is 3. The van der Waals surface area contributed by atoms with Gasteiger partial charge in [0.2, 0.25) is 0 Å². The van der Waals surface area contributed by atoms with E-state index < -0.39 is 11.5 Å². The van der Waals surface area contributed by atoms with Crippen molar-refractivity contribution in [2.45, 2.75) is 52.0 Å². The molecule has 0 unspecified atom stereocenters. The fourth-order valence-electron chi connectivity index (χ4n) is 4.70. The summed E-state index contributed by atoms with van der Waals surface area (Å²) < 4.78 is 5.24. The first-order chi connectivity index (χ1) is 16.6. The quantitative estimate of drug-likeness (QED) is 0.426. The molecule has 3 heterocycles. The summed E-state index contributed by atoms with van der Waals surface area (Å²) in [7, 11) is 1.32. The Morgan fingerprint density at radius 2 is 1.69 bits per heavy atom. The number of rotatable bonds is 8. The number of carbonyl (C=O) groups excluding carboxylic acids is 3. The summed E-state index contributed by atoms with van der Waals surface area (Å²) in [6.45, 7) is 8.14. The zero-order chi connectivity index (χ0) is 25.3. The second-order valence-corrected chi connectivity index (χ2v) is 11.5. The maximum Gasteiger partial charge on any atom is 0.350 e. The highest BCUT2D eigenvalue weighted by molar-refractivity contribution is 7.12. The van der Waals surface area contributed by atoms with Crippen molar-refractivity contribution in [1.82, 2.24) is 15.3 Å². The molecule has 0 bridgehead atoms. The molecule has 0 atom stereocenters. The van der Waals surface area contributed by atoms with Crippen LogP contribution in [0.1, 0.15) is 60.6 Å². The number of aromatic nitrogens is 2. The van der Waals surface area contributed by atoms with Crippen molar-refractivity contribution < 1.29 is 23.6 Å². The van der Waals surface area contributed by atoms with Gasteiger partial charge in [0.25, 0.3) is 11.8 Å². The zero-order valence-corrected chi connectivity index (χ0v) is 21.7. The highest BCUT2D eigenvalue weighted by atomic mass is 32.1. The van der Waals surface area contributed by atoms with Crippen molar-refractivity contribution in [3.8, 4) is 0 Å². The first-order valence-electron chi connectivity index (χ1n) is 12.0. The molecule has 2 aromatic heterocycles. The number of likely N-dealkylation sites (tertiary alicyclic amines) is 1. The van der Waals surface area contributed by atoms with Gasteiger partial charge in [0.1, 0.15) is 10.4 Å². The van der Waals surface area contributed by atoms with Gasteiger partial charge < -0.3 is 19.9 Å². The van der Waals surface area contributed by atoms with Gasteiger partial charge in [-0.2, -0.15) is 0 Å². The Labute approximate surface area is 209 Å². The Morgan fingerprint density at radius 3 is 2.29 bits per heavy atom. The minimum atomic E-state index is -0.497. The minimum absolute atomic E-state index is 0.0931. The van der Waals surface area contributed by atoms with E-state index in [-0.39, 0.29) is 30.3 Å². The Hall–Kier alpha value is -2.85. The first kappa shape index (κ1) is 25.2. The number of ether oxygens (including phenoxy) is 1. The number of aryl methyl sites for hydroxylation is 1. The van der Waals surface area contributed by atoms with Crippen LogP contribution >= 0.6 is 11.3 Å². The first-order valence-corrected chi connectivity index (χ1v) is 12.8. The molecule has 1 saturated heterocycles. The fraction of sp³-hybridized carbons (Fsp3) is 0.560. The number of hydrogen-bond donors (Lipinski definition) is 2. The molecule has 2 aromatic rings. The topological polar surface area (TPSA) is 110 Å². The molecular weight excluding hydrogens is 466 g/mol. The number of thiophene rings is 1. The number of quaternary nitrogens is 1. The zero-order valence-electron chi connectivity index (χ0n) is 20.8. The molecular formula is C25H34N5O4S+. The summed E-state index contributed by atoms with van der Waals surface area (Å²) in [5.74, 6) is -0.138. The summed E-state index contributed by atoms with van der Waals surface area (Å²) in [5.41, 5.74) is 0.978. The van der Waals surface area contributed by atoms with Crippen molar-refractivity contribution in [2.75, 3.05) is 38.6 Å². The molecule has 0 spiro atoms. The van der Waals surface area contributed by atoms with E-state index in [1.54, 1.807) is 18.5 Å². The van der Waals surface area contributed by atoms with Crippen LogP contribution in [0.3, 0.4) is 0 Å². The molecule has 1 aliphatic heterocycles. The molecule has 2 aliphatic rings. The second kappa shape index (κ2) is 9.66. The van der Waals surface area contributed by atoms with Gasteiger partial charge in [-0.25, -0.2) is 14.8 Å². The van der Waals surface area contributed by atoms with Gasteiger partial charge >= 0.3 is 5.97 Å². The monoisotopic (exact) mass is 500 g/mol. The Kier molecular flexibility index (Phi) is 6.97. The summed E-state index contributed by atoms with van der Waals surface area (Å²) in [5, 5.41) is 7.92. The number of esters is 1. The molecule has 1 aliphatic carbocycles. The number of anilines is 1. The molecule has 188 valence electrons. The molecule has 2 fully saturated rings. The van der Waals surface area contributed by atoms with Gasteiger partial charge in [-0.15, -0.1) is 11.3 Å².